The Morgan fingerprint density at radius 3 is 2.09 bits per heavy atom. The molecule has 2 nitrogen and oxygen atoms in total. The van der Waals surface area contributed by atoms with Gasteiger partial charge in [0.1, 0.15) is 0 Å². The molecule has 1 aromatic carbocycles. The average molecular weight is 300 g/mol. The molecule has 120 valence electrons. The molecule has 0 amide bonds. The molecule has 0 spiro atoms. The molecule has 1 aromatic rings. The van der Waals surface area contributed by atoms with Crippen LogP contribution in [0.3, 0.4) is 0 Å². The lowest BCUT2D eigenvalue weighted by molar-refractivity contribution is 0.00578. The fraction of sp³-hybridized carbons (Fsp3) is 0.684. The molecule has 2 atom stereocenters. The predicted molar refractivity (Wildman–Crippen MR) is 92.1 cm³/mol. The van der Waals surface area contributed by atoms with Gasteiger partial charge in [-0.15, -0.1) is 0 Å². The van der Waals surface area contributed by atoms with Gasteiger partial charge in [-0.2, -0.15) is 0 Å². The summed E-state index contributed by atoms with van der Waals surface area (Å²) in [5.41, 5.74) is 0.986. The molecule has 1 aliphatic carbocycles. The highest BCUT2D eigenvalue weighted by atomic mass is 16.7. The third-order valence-corrected chi connectivity index (χ3v) is 5.92. The molecule has 1 heterocycles. The summed E-state index contributed by atoms with van der Waals surface area (Å²) in [6.07, 6.45) is 6.39. The Balaban J connectivity index is 1.86. The maximum absolute atomic E-state index is 6.39. The largest absolute Gasteiger partial charge is 0.461 e. The van der Waals surface area contributed by atoms with E-state index in [0.717, 1.165) is 0 Å². The van der Waals surface area contributed by atoms with Crippen molar-refractivity contribution in [1.29, 1.82) is 0 Å². The van der Waals surface area contributed by atoms with Gasteiger partial charge in [0.15, 0.2) is 0 Å². The second kappa shape index (κ2) is 6.01. The first-order valence-corrected chi connectivity index (χ1v) is 8.81. The summed E-state index contributed by atoms with van der Waals surface area (Å²) in [5.74, 6) is 1.02. The highest BCUT2D eigenvalue weighted by Gasteiger charge is 2.54. The van der Waals surface area contributed by atoms with Gasteiger partial charge in [0.2, 0.25) is 0 Å². The van der Waals surface area contributed by atoms with Gasteiger partial charge < -0.3 is 9.31 Å². The summed E-state index contributed by atoms with van der Waals surface area (Å²) in [4.78, 5) is 0. The topological polar surface area (TPSA) is 18.5 Å². The van der Waals surface area contributed by atoms with Crippen LogP contribution in [0, 0.1) is 0 Å². The molecule has 0 radical (unpaired) electrons. The summed E-state index contributed by atoms with van der Waals surface area (Å²) in [6, 6.07) is 11.0. The molecule has 2 fully saturated rings. The maximum Gasteiger partial charge on any atom is 0.461 e. The highest BCUT2D eigenvalue weighted by Crippen LogP contribution is 2.48. The van der Waals surface area contributed by atoms with Crippen LogP contribution in [0.2, 0.25) is 5.82 Å². The maximum atomic E-state index is 6.39. The molecule has 3 heteroatoms. The van der Waals surface area contributed by atoms with Crippen molar-refractivity contribution in [2.45, 2.75) is 82.7 Å². The van der Waals surface area contributed by atoms with Crippen LogP contribution in [-0.4, -0.2) is 18.3 Å². The van der Waals surface area contributed by atoms with E-state index in [1.807, 2.05) is 0 Å². The number of hydrogen-bond acceptors (Lipinski definition) is 2. The highest BCUT2D eigenvalue weighted by molar-refractivity contribution is 6.47. The fourth-order valence-electron chi connectivity index (χ4n) is 3.84. The normalized spacial score (nSPS) is 31.0. The van der Waals surface area contributed by atoms with Crippen molar-refractivity contribution in [2.75, 3.05) is 0 Å². The zero-order chi connectivity index (χ0) is 15.8. The number of rotatable bonds is 2. The SMILES string of the molecule is CC1(C)OB([C@H]2CCCCC[C@H]2c2ccccc2)OC1(C)C. The van der Waals surface area contributed by atoms with E-state index in [4.69, 9.17) is 9.31 Å². The first-order valence-electron chi connectivity index (χ1n) is 8.81. The van der Waals surface area contributed by atoms with Crippen LogP contribution >= 0.6 is 0 Å². The van der Waals surface area contributed by atoms with E-state index in [2.05, 4.69) is 58.0 Å². The molecule has 2 aliphatic rings. The van der Waals surface area contributed by atoms with E-state index in [0.29, 0.717) is 11.7 Å². The van der Waals surface area contributed by atoms with Crippen LogP contribution in [-0.2, 0) is 9.31 Å². The van der Waals surface area contributed by atoms with E-state index in [9.17, 15) is 0 Å². The Labute approximate surface area is 135 Å². The molecule has 3 rings (SSSR count). The first kappa shape index (κ1) is 16.1. The molecule has 0 bridgehead atoms. The van der Waals surface area contributed by atoms with Gasteiger partial charge in [0.05, 0.1) is 11.2 Å². The third-order valence-electron chi connectivity index (χ3n) is 5.92. The third kappa shape index (κ3) is 2.98. The Kier molecular flexibility index (Phi) is 4.39. The van der Waals surface area contributed by atoms with Crippen molar-refractivity contribution in [3.8, 4) is 0 Å². The Morgan fingerprint density at radius 2 is 1.45 bits per heavy atom. The van der Waals surface area contributed by atoms with Crippen molar-refractivity contribution < 1.29 is 9.31 Å². The lowest BCUT2D eigenvalue weighted by atomic mass is 9.61. The monoisotopic (exact) mass is 300 g/mol. The molecule has 0 N–H and O–H groups in total. The minimum atomic E-state index is -0.231. The lowest BCUT2D eigenvalue weighted by Gasteiger charge is -2.32. The zero-order valence-electron chi connectivity index (χ0n) is 14.5. The van der Waals surface area contributed by atoms with Crippen molar-refractivity contribution in [2.24, 2.45) is 0 Å². The van der Waals surface area contributed by atoms with Crippen molar-refractivity contribution >= 4 is 7.12 Å². The minimum absolute atomic E-state index is 0.0756. The number of benzene rings is 1. The number of hydrogen-bond donors (Lipinski definition) is 0. The van der Waals surface area contributed by atoms with Crippen LogP contribution in [0.15, 0.2) is 30.3 Å². The quantitative estimate of drug-likeness (QED) is 0.552. The van der Waals surface area contributed by atoms with Gasteiger partial charge in [-0.3, -0.25) is 0 Å². The molecule has 22 heavy (non-hydrogen) atoms. The van der Waals surface area contributed by atoms with E-state index in [1.165, 1.54) is 37.7 Å². The molecule has 0 unspecified atom stereocenters. The lowest BCUT2D eigenvalue weighted by Crippen LogP contribution is -2.41. The molecule has 1 aliphatic heterocycles. The Morgan fingerprint density at radius 1 is 0.864 bits per heavy atom. The molecular formula is C19H29BO2. The predicted octanol–water partition coefficient (Wildman–Crippen LogP) is 5.20. The molecule has 0 aromatic heterocycles. The molecular weight excluding hydrogens is 271 g/mol. The van der Waals surface area contributed by atoms with E-state index in [1.54, 1.807) is 0 Å². The van der Waals surface area contributed by atoms with Crippen molar-refractivity contribution in [1.82, 2.24) is 0 Å². The summed E-state index contributed by atoms with van der Waals surface area (Å²) >= 11 is 0. The second-order valence-corrected chi connectivity index (χ2v) is 7.94. The minimum Gasteiger partial charge on any atom is -0.403 e. The summed E-state index contributed by atoms with van der Waals surface area (Å²) in [6.45, 7) is 8.62. The van der Waals surface area contributed by atoms with Gasteiger partial charge >= 0.3 is 7.12 Å². The van der Waals surface area contributed by atoms with Crippen LogP contribution in [0.25, 0.3) is 0 Å². The summed E-state index contributed by atoms with van der Waals surface area (Å²) in [5, 5.41) is 0. The van der Waals surface area contributed by atoms with Gasteiger partial charge in [-0.25, -0.2) is 0 Å². The smallest absolute Gasteiger partial charge is 0.403 e. The van der Waals surface area contributed by atoms with E-state index in [-0.39, 0.29) is 18.3 Å². The van der Waals surface area contributed by atoms with E-state index < -0.39 is 0 Å². The van der Waals surface area contributed by atoms with Crippen molar-refractivity contribution in [3.63, 3.8) is 0 Å². The molecule has 1 saturated heterocycles. The average Bonchev–Trinajstić information content (AvgIpc) is 2.65. The fourth-order valence-corrected chi connectivity index (χ4v) is 3.84. The van der Waals surface area contributed by atoms with Gasteiger partial charge in [-0.05, 0) is 45.6 Å². The van der Waals surface area contributed by atoms with Gasteiger partial charge in [-0.1, -0.05) is 56.0 Å². The van der Waals surface area contributed by atoms with Gasteiger partial charge in [0, 0.05) is 5.82 Å². The van der Waals surface area contributed by atoms with Crippen LogP contribution in [0.1, 0.15) is 71.3 Å². The van der Waals surface area contributed by atoms with Crippen LogP contribution in [0.5, 0.6) is 0 Å². The summed E-state index contributed by atoms with van der Waals surface area (Å²) in [7, 11) is -0.0756. The first-order chi connectivity index (χ1) is 10.4. The molecule has 1 saturated carbocycles. The van der Waals surface area contributed by atoms with E-state index >= 15 is 0 Å². The zero-order valence-corrected chi connectivity index (χ0v) is 14.5. The Hall–Kier alpha value is -0.795. The standard InChI is InChI=1S/C19H29BO2/c1-18(2)19(3,4)22-20(21-18)17-14-10-6-9-13-16(17)15-11-7-5-8-12-15/h5,7-8,11-12,16-17H,6,9-10,13-14H2,1-4H3/t16-,17-/m0/s1. The Bertz CT molecular complexity index is 481. The second-order valence-electron chi connectivity index (χ2n) is 7.94. The van der Waals surface area contributed by atoms with Gasteiger partial charge in [0.25, 0.3) is 0 Å². The summed E-state index contributed by atoms with van der Waals surface area (Å²) < 4.78 is 12.8. The van der Waals surface area contributed by atoms with Crippen molar-refractivity contribution in [3.05, 3.63) is 35.9 Å². The van der Waals surface area contributed by atoms with Crippen LogP contribution in [0.4, 0.5) is 0 Å². The van der Waals surface area contributed by atoms with Crippen LogP contribution < -0.4 is 0 Å².